The van der Waals surface area contributed by atoms with E-state index in [-0.39, 0.29) is 5.54 Å². The molecule has 1 heterocycles. The monoisotopic (exact) mass is 263 g/mol. The lowest BCUT2D eigenvalue weighted by atomic mass is 9.71. The summed E-state index contributed by atoms with van der Waals surface area (Å²) in [7, 11) is 1.97. The molecule has 0 amide bonds. The average molecular weight is 263 g/mol. The van der Waals surface area contributed by atoms with Gasteiger partial charge in [-0.15, -0.1) is 0 Å². The Bertz CT molecular complexity index is 396. The van der Waals surface area contributed by atoms with Gasteiger partial charge in [0.2, 0.25) is 0 Å². The van der Waals surface area contributed by atoms with Crippen LogP contribution in [0.2, 0.25) is 0 Å². The molecule has 1 aliphatic carbocycles. The Morgan fingerprint density at radius 1 is 1.53 bits per heavy atom. The predicted molar refractivity (Wildman–Crippen MR) is 79.9 cm³/mol. The Labute approximate surface area is 117 Å². The molecule has 2 atom stereocenters. The summed E-state index contributed by atoms with van der Waals surface area (Å²) in [5, 5.41) is 4.23. The summed E-state index contributed by atoms with van der Waals surface area (Å²) in [4.78, 5) is 0. The lowest BCUT2D eigenvalue weighted by Crippen LogP contribution is -2.44. The minimum atomic E-state index is 0.0631. The van der Waals surface area contributed by atoms with E-state index in [9.17, 15) is 0 Å². The lowest BCUT2D eigenvalue weighted by molar-refractivity contribution is 0.192. The van der Waals surface area contributed by atoms with E-state index >= 15 is 0 Å². The smallest absolute Gasteiger partial charge is 0.0521 e. The molecule has 19 heavy (non-hydrogen) atoms. The van der Waals surface area contributed by atoms with Crippen molar-refractivity contribution in [2.75, 3.05) is 0 Å². The first-order valence-electron chi connectivity index (χ1n) is 7.73. The number of rotatable bonds is 5. The molecule has 1 saturated carbocycles. The number of nitrogens with two attached hydrogens (primary N) is 1. The third kappa shape index (κ3) is 4.34. The molecule has 0 spiro atoms. The first kappa shape index (κ1) is 14.6. The van der Waals surface area contributed by atoms with Gasteiger partial charge in [0.05, 0.1) is 6.20 Å². The van der Waals surface area contributed by atoms with Crippen molar-refractivity contribution in [2.24, 2.45) is 24.6 Å². The second kappa shape index (κ2) is 6.08. The SMILES string of the molecule is CC(C)CC1CCCC(N)(CCc2cnn(C)c2)C1. The van der Waals surface area contributed by atoms with Gasteiger partial charge in [-0.2, -0.15) is 5.10 Å². The van der Waals surface area contributed by atoms with Crippen LogP contribution in [0.25, 0.3) is 0 Å². The number of hydrogen-bond donors (Lipinski definition) is 1. The quantitative estimate of drug-likeness (QED) is 0.886. The van der Waals surface area contributed by atoms with Crippen molar-refractivity contribution < 1.29 is 0 Å². The summed E-state index contributed by atoms with van der Waals surface area (Å²) in [5.74, 6) is 1.64. The molecule has 0 radical (unpaired) electrons. The molecule has 2 unspecified atom stereocenters. The Kier molecular flexibility index (Phi) is 4.67. The predicted octanol–water partition coefficient (Wildman–Crippen LogP) is 3.29. The van der Waals surface area contributed by atoms with Gasteiger partial charge in [0, 0.05) is 18.8 Å². The Morgan fingerprint density at radius 3 is 2.95 bits per heavy atom. The Balaban J connectivity index is 1.86. The van der Waals surface area contributed by atoms with Gasteiger partial charge >= 0.3 is 0 Å². The molecule has 2 rings (SSSR count). The maximum absolute atomic E-state index is 6.65. The average Bonchev–Trinajstić information content (AvgIpc) is 2.72. The van der Waals surface area contributed by atoms with E-state index < -0.39 is 0 Å². The van der Waals surface area contributed by atoms with Crippen molar-refractivity contribution in [1.29, 1.82) is 0 Å². The summed E-state index contributed by atoms with van der Waals surface area (Å²) in [6.07, 6.45) is 12.7. The minimum Gasteiger partial charge on any atom is -0.325 e. The highest BCUT2D eigenvalue weighted by molar-refractivity contribution is 5.06. The fourth-order valence-electron chi connectivity index (χ4n) is 3.61. The minimum absolute atomic E-state index is 0.0631. The third-order valence-electron chi connectivity index (χ3n) is 4.46. The first-order valence-corrected chi connectivity index (χ1v) is 7.73. The van der Waals surface area contributed by atoms with E-state index in [0.29, 0.717) is 0 Å². The van der Waals surface area contributed by atoms with Crippen LogP contribution in [0.1, 0.15) is 57.9 Å². The van der Waals surface area contributed by atoms with Crippen LogP contribution in [0.3, 0.4) is 0 Å². The summed E-state index contributed by atoms with van der Waals surface area (Å²) < 4.78 is 1.88. The highest BCUT2D eigenvalue weighted by Gasteiger charge is 2.32. The van der Waals surface area contributed by atoms with Crippen LogP contribution < -0.4 is 5.73 Å². The van der Waals surface area contributed by atoms with Gasteiger partial charge in [-0.25, -0.2) is 0 Å². The standard InChI is InChI=1S/C16H29N3/c1-13(2)9-14-5-4-7-16(17,10-14)8-6-15-11-18-19(3)12-15/h11-14H,4-10,17H2,1-3H3. The van der Waals surface area contributed by atoms with Gasteiger partial charge in [-0.3, -0.25) is 4.68 Å². The number of aryl methyl sites for hydroxylation is 2. The molecular formula is C16H29N3. The highest BCUT2D eigenvalue weighted by atomic mass is 15.2. The lowest BCUT2D eigenvalue weighted by Gasteiger charge is -2.39. The van der Waals surface area contributed by atoms with Crippen LogP contribution >= 0.6 is 0 Å². The fourth-order valence-corrected chi connectivity index (χ4v) is 3.61. The summed E-state index contributed by atoms with van der Waals surface area (Å²) >= 11 is 0. The zero-order valence-electron chi connectivity index (χ0n) is 12.7. The molecular weight excluding hydrogens is 234 g/mol. The van der Waals surface area contributed by atoms with E-state index in [4.69, 9.17) is 5.73 Å². The maximum Gasteiger partial charge on any atom is 0.0521 e. The zero-order valence-corrected chi connectivity index (χ0v) is 12.7. The molecule has 1 aromatic heterocycles. The van der Waals surface area contributed by atoms with E-state index in [1.54, 1.807) is 0 Å². The zero-order chi connectivity index (χ0) is 13.9. The molecule has 0 aromatic carbocycles. The second-order valence-electron chi connectivity index (χ2n) is 6.98. The molecule has 108 valence electrons. The van der Waals surface area contributed by atoms with Crippen LogP contribution in [-0.2, 0) is 13.5 Å². The van der Waals surface area contributed by atoms with Crippen molar-refractivity contribution in [3.8, 4) is 0 Å². The molecule has 1 aliphatic rings. The number of nitrogens with zero attached hydrogens (tertiary/aromatic N) is 2. The van der Waals surface area contributed by atoms with Gasteiger partial charge in [0.1, 0.15) is 0 Å². The molecule has 2 N–H and O–H groups in total. The molecule has 0 aliphatic heterocycles. The summed E-state index contributed by atoms with van der Waals surface area (Å²) in [6, 6.07) is 0. The molecule has 0 bridgehead atoms. The Morgan fingerprint density at radius 2 is 2.32 bits per heavy atom. The Hall–Kier alpha value is -0.830. The van der Waals surface area contributed by atoms with Crippen molar-refractivity contribution in [1.82, 2.24) is 9.78 Å². The van der Waals surface area contributed by atoms with Crippen LogP contribution in [0, 0.1) is 11.8 Å². The van der Waals surface area contributed by atoms with Gasteiger partial charge in [-0.1, -0.05) is 26.7 Å². The van der Waals surface area contributed by atoms with Gasteiger partial charge < -0.3 is 5.73 Å². The molecule has 1 fully saturated rings. The van der Waals surface area contributed by atoms with Gasteiger partial charge in [0.25, 0.3) is 0 Å². The largest absolute Gasteiger partial charge is 0.325 e. The van der Waals surface area contributed by atoms with Crippen LogP contribution in [-0.4, -0.2) is 15.3 Å². The normalized spacial score (nSPS) is 27.9. The van der Waals surface area contributed by atoms with E-state index in [1.807, 2.05) is 17.9 Å². The van der Waals surface area contributed by atoms with Crippen LogP contribution in [0.15, 0.2) is 12.4 Å². The van der Waals surface area contributed by atoms with E-state index in [0.717, 1.165) is 24.7 Å². The number of hydrogen-bond acceptors (Lipinski definition) is 2. The maximum atomic E-state index is 6.65. The highest BCUT2D eigenvalue weighted by Crippen LogP contribution is 2.36. The van der Waals surface area contributed by atoms with Crippen molar-refractivity contribution in [3.05, 3.63) is 18.0 Å². The van der Waals surface area contributed by atoms with E-state index in [2.05, 4.69) is 25.1 Å². The second-order valence-corrected chi connectivity index (χ2v) is 6.98. The molecule has 1 aromatic rings. The molecule has 0 saturated heterocycles. The summed E-state index contributed by atoms with van der Waals surface area (Å²) in [6.45, 7) is 4.64. The van der Waals surface area contributed by atoms with Crippen molar-refractivity contribution in [3.63, 3.8) is 0 Å². The third-order valence-corrected chi connectivity index (χ3v) is 4.46. The van der Waals surface area contributed by atoms with Crippen molar-refractivity contribution >= 4 is 0 Å². The van der Waals surface area contributed by atoms with Crippen LogP contribution in [0.5, 0.6) is 0 Å². The molecule has 3 heteroatoms. The van der Waals surface area contributed by atoms with Gasteiger partial charge in [-0.05, 0) is 49.5 Å². The molecule has 3 nitrogen and oxygen atoms in total. The summed E-state index contributed by atoms with van der Waals surface area (Å²) in [5.41, 5.74) is 8.03. The van der Waals surface area contributed by atoms with E-state index in [1.165, 1.54) is 37.7 Å². The van der Waals surface area contributed by atoms with Crippen LogP contribution in [0.4, 0.5) is 0 Å². The fraction of sp³-hybridized carbons (Fsp3) is 0.812. The topological polar surface area (TPSA) is 43.8 Å². The first-order chi connectivity index (χ1) is 8.97. The number of aromatic nitrogens is 2. The van der Waals surface area contributed by atoms with Crippen molar-refractivity contribution in [2.45, 2.75) is 64.3 Å². The van der Waals surface area contributed by atoms with Gasteiger partial charge in [0.15, 0.2) is 0 Å².